The molecule has 1 heterocycles. The van der Waals surface area contributed by atoms with Gasteiger partial charge in [0.05, 0.1) is 14.7 Å². The van der Waals surface area contributed by atoms with Crippen molar-refractivity contribution in [2.75, 3.05) is 14.1 Å². The van der Waals surface area contributed by atoms with Crippen LogP contribution in [0, 0.1) is 10.1 Å². The van der Waals surface area contributed by atoms with Crippen molar-refractivity contribution in [1.29, 1.82) is 0 Å². The average Bonchev–Trinajstić information content (AvgIpc) is 3.03. The van der Waals surface area contributed by atoms with E-state index >= 15 is 0 Å². The molecule has 0 atom stereocenters. The third-order valence-electron chi connectivity index (χ3n) is 3.17. The maximum atomic E-state index is 12.3. The van der Waals surface area contributed by atoms with Crippen LogP contribution in [0.25, 0.3) is 0 Å². The van der Waals surface area contributed by atoms with Crippen LogP contribution in [0.4, 0.5) is 5.00 Å². The van der Waals surface area contributed by atoms with Gasteiger partial charge >= 0.3 is 5.00 Å². The molecule has 0 saturated carbocycles. The van der Waals surface area contributed by atoms with Gasteiger partial charge in [-0.15, -0.1) is 0 Å². The fourth-order valence-electron chi connectivity index (χ4n) is 1.91. The molecule has 0 bridgehead atoms. The summed E-state index contributed by atoms with van der Waals surface area (Å²) in [5, 5.41) is 13.1. The minimum absolute atomic E-state index is 0.00618. The lowest BCUT2D eigenvalue weighted by atomic mass is 10.2. The van der Waals surface area contributed by atoms with Crippen LogP contribution in [-0.4, -0.2) is 37.6 Å². The number of nitro groups is 1. The number of nitrogens with zero attached hydrogens (tertiary/aromatic N) is 2. The molecule has 0 aliphatic rings. The van der Waals surface area contributed by atoms with Crippen LogP contribution < -0.4 is 5.32 Å². The largest absolute Gasteiger partial charge is 0.347 e. The summed E-state index contributed by atoms with van der Waals surface area (Å²) in [4.78, 5) is 22.4. The molecule has 0 aliphatic carbocycles. The minimum atomic E-state index is -3.63. The van der Waals surface area contributed by atoms with Gasteiger partial charge in [-0.2, -0.15) is 0 Å². The molecule has 8 nitrogen and oxygen atoms in total. The second-order valence-corrected chi connectivity index (χ2v) is 8.16. The molecule has 24 heavy (non-hydrogen) atoms. The first-order valence-electron chi connectivity index (χ1n) is 6.76. The van der Waals surface area contributed by atoms with Gasteiger partial charge in [0.15, 0.2) is 0 Å². The molecule has 1 amide bonds. The number of thiophene rings is 1. The summed E-state index contributed by atoms with van der Waals surface area (Å²) in [6.07, 6.45) is 0. The highest BCUT2D eigenvalue weighted by atomic mass is 32.2. The predicted molar refractivity (Wildman–Crippen MR) is 89.5 cm³/mol. The monoisotopic (exact) mass is 369 g/mol. The third kappa shape index (κ3) is 3.78. The first-order chi connectivity index (χ1) is 11.2. The highest BCUT2D eigenvalue weighted by Gasteiger charge is 2.21. The zero-order valence-corrected chi connectivity index (χ0v) is 14.6. The standard InChI is InChI=1S/C14H15N3O5S2/c1-16(2)24(21,22)12-6-4-3-5-10(12)9-15-14(18)11-7-8-13(23-11)17(19)20/h3-8H,9H2,1-2H3,(H,15,18). The molecule has 1 aromatic heterocycles. The van der Waals surface area contributed by atoms with Crippen molar-refractivity contribution in [2.45, 2.75) is 11.4 Å². The summed E-state index contributed by atoms with van der Waals surface area (Å²) in [7, 11) is -0.780. The Labute approximate surface area is 142 Å². The summed E-state index contributed by atoms with van der Waals surface area (Å²) in [6, 6.07) is 8.96. The Morgan fingerprint density at radius 3 is 2.50 bits per heavy atom. The van der Waals surface area contributed by atoms with Gasteiger partial charge in [0.1, 0.15) is 0 Å². The van der Waals surface area contributed by atoms with Crippen LogP contribution in [-0.2, 0) is 16.6 Å². The van der Waals surface area contributed by atoms with E-state index in [1.165, 1.54) is 32.3 Å². The van der Waals surface area contributed by atoms with Crippen LogP contribution in [0.5, 0.6) is 0 Å². The zero-order chi connectivity index (χ0) is 17.9. The van der Waals surface area contributed by atoms with Crippen LogP contribution >= 0.6 is 11.3 Å². The van der Waals surface area contributed by atoms with Gasteiger partial charge in [-0.1, -0.05) is 29.5 Å². The van der Waals surface area contributed by atoms with Crippen LogP contribution in [0.3, 0.4) is 0 Å². The molecule has 1 N–H and O–H groups in total. The van der Waals surface area contributed by atoms with E-state index in [1.807, 2.05) is 0 Å². The maximum Gasteiger partial charge on any atom is 0.324 e. The Hall–Kier alpha value is -2.30. The van der Waals surface area contributed by atoms with E-state index in [2.05, 4.69) is 5.32 Å². The summed E-state index contributed by atoms with van der Waals surface area (Å²) in [5.74, 6) is -0.495. The Kier molecular flexibility index (Phi) is 5.32. The molecular formula is C14H15N3O5S2. The van der Waals surface area contributed by atoms with Gasteiger partial charge in [0.2, 0.25) is 10.0 Å². The maximum absolute atomic E-state index is 12.3. The van der Waals surface area contributed by atoms with Crippen LogP contribution in [0.2, 0.25) is 0 Å². The normalized spacial score (nSPS) is 11.5. The van der Waals surface area contributed by atoms with Crippen molar-refractivity contribution >= 4 is 32.3 Å². The molecule has 0 spiro atoms. The summed E-state index contributed by atoms with van der Waals surface area (Å²) in [5.41, 5.74) is 0.436. The average molecular weight is 369 g/mol. The first-order valence-corrected chi connectivity index (χ1v) is 9.02. The van der Waals surface area contributed by atoms with E-state index < -0.39 is 20.9 Å². The van der Waals surface area contributed by atoms with Gasteiger partial charge in [0.25, 0.3) is 5.91 Å². The van der Waals surface area contributed by atoms with Crippen molar-refractivity contribution in [1.82, 2.24) is 9.62 Å². The lowest BCUT2D eigenvalue weighted by molar-refractivity contribution is -0.380. The van der Waals surface area contributed by atoms with Crippen molar-refractivity contribution in [3.8, 4) is 0 Å². The molecule has 0 unspecified atom stereocenters. The Morgan fingerprint density at radius 2 is 1.92 bits per heavy atom. The fourth-order valence-corrected chi connectivity index (χ4v) is 3.76. The zero-order valence-electron chi connectivity index (χ0n) is 12.9. The number of hydrogen-bond acceptors (Lipinski definition) is 6. The van der Waals surface area contributed by atoms with E-state index in [1.54, 1.807) is 18.2 Å². The summed E-state index contributed by atoms with van der Waals surface area (Å²) >= 11 is 0.761. The number of hydrogen-bond donors (Lipinski definition) is 1. The number of rotatable bonds is 6. The van der Waals surface area contributed by atoms with Gasteiger partial charge in [0, 0.05) is 26.7 Å². The van der Waals surface area contributed by atoms with Gasteiger partial charge in [-0.25, -0.2) is 12.7 Å². The topological polar surface area (TPSA) is 110 Å². The Balaban J connectivity index is 2.18. The second-order valence-electron chi connectivity index (χ2n) is 4.97. The van der Waals surface area contributed by atoms with Crippen LogP contribution in [0.1, 0.15) is 15.2 Å². The molecule has 1 aromatic carbocycles. The van der Waals surface area contributed by atoms with Gasteiger partial charge in [-0.3, -0.25) is 14.9 Å². The van der Waals surface area contributed by atoms with Crippen molar-refractivity contribution in [2.24, 2.45) is 0 Å². The molecule has 10 heteroatoms. The number of carbonyl (C=O) groups excluding carboxylic acids is 1. The lowest BCUT2D eigenvalue weighted by Crippen LogP contribution is -2.26. The highest BCUT2D eigenvalue weighted by molar-refractivity contribution is 7.89. The second kappa shape index (κ2) is 7.07. The molecule has 128 valence electrons. The molecule has 0 radical (unpaired) electrons. The SMILES string of the molecule is CN(C)S(=O)(=O)c1ccccc1CNC(=O)c1ccc([N+](=O)[O-])s1. The van der Waals surface area contributed by atoms with E-state index in [0.29, 0.717) is 5.56 Å². The number of nitrogens with one attached hydrogen (secondary N) is 1. The molecule has 0 saturated heterocycles. The van der Waals surface area contributed by atoms with E-state index in [0.717, 1.165) is 15.6 Å². The van der Waals surface area contributed by atoms with Gasteiger partial charge < -0.3 is 5.32 Å². The number of amides is 1. The molecular weight excluding hydrogens is 354 g/mol. The van der Waals surface area contributed by atoms with Gasteiger partial charge in [-0.05, 0) is 17.7 Å². The number of sulfonamides is 1. The minimum Gasteiger partial charge on any atom is -0.347 e. The first kappa shape index (κ1) is 18.0. The van der Waals surface area contributed by atoms with E-state index in [9.17, 15) is 23.3 Å². The number of carbonyl (C=O) groups is 1. The fraction of sp³-hybridized carbons (Fsp3) is 0.214. The van der Waals surface area contributed by atoms with E-state index in [-0.39, 0.29) is 21.3 Å². The Bertz CT molecular complexity index is 874. The van der Waals surface area contributed by atoms with Crippen molar-refractivity contribution in [3.63, 3.8) is 0 Å². The van der Waals surface area contributed by atoms with Crippen LogP contribution in [0.15, 0.2) is 41.3 Å². The molecule has 2 aromatic rings. The summed E-state index contributed by atoms with van der Waals surface area (Å²) in [6.45, 7) is -0.00618. The highest BCUT2D eigenvalue weighted by Crippen LogP contribution is 2.24. The lowest BCUT2D eigenvalue weighted by Gasteiger charge is -2.15. The predicted octanol–water partition coefficient (Wildman–Crippen LogP) is 1.84. The van der Waals surface area contributed by atoms with Crippen molar-refractivity contribution in [3.05, 3.63) is 57.0 Å². The molecule has 0 aliphatic heterocycles. The number of benzene rings is 1. The van der Waals surface area contributed by atoms with E-state index in [4.69, 9.17) is 0 Å². The smallest absolute Gasteiger partial charge is 0.324 e. The quantitative estimate of drug-likeness (QED) is 0.617. The Morgan fingerprint density at radius 1 is 1.25 bits per heavy atom. The molecule has 2 rings (SSSR count). The molecule has 0 fully saturated rings. The van der Waals surface area contributed by atoms with Crippen molar-refractivity contribution < 1.29 is 18.1 Å². The third-order valence-corrected chi connectivity index (χ3v) is 6.12. The summed E-state index contributed by atoms with van der Waals surface area (Å²) < 4.78 is 25.7.